The number of nitrogens with zero attached hydrogens (tertiary/aromatic N) is 1. The molecule has 0 bridgehead atoms. The van der Waals surface area contributed by atoms with Crippen LogP contribution in [0.15, 0.2) is 30.3 Å². The number of amides is 1. The Morgan fingerprint density at radius 2 is 1.88 bits per heavy atom. The van der Waals surface area contributed by atoms with Gasteiger partial charge in [-0.3, -0.25) is 4.79 Å². The van der Waals surface area contributed by atoms with E-state index in [-0.39, 0.29) is 6.42 Å². The summed E-state index contributed by atoms with van der Waals surface area (Å²) in [7, 11) is -3.78. The molecule has 6 heteroatoms. The molecule has 0 radical (unpaired) electrons. The molecule has 1 atom stereocenters. The Hall–Kier alpha value is -1.40. The smallest absolute Gasteiger partial charge is 0.246 e. The Labute approximate surface area is 93.9 Å². The van der Waals surface area contributed by atoms with Crippen molar-refractivity contribution in [1.29, 1.82) is 0 Å². The summed E-state index contributed by atoms with van der Waals surface area (Å²) in [5.74, 6) is -0.436. The average molecular weight is 240 g/mol. The van der Waals surface area contributed by atoms with Crippen molar-refractivity contribution < 1.29 is 13.2 Å². The summed E-state index contributed by atoms with van der Waals surface area (Å²) in [5, 5.41) is 3.91. The van der Waals surface area contributed by atoms with Gasteiger partial charge in [0.05, 0.1) is 0 Å². The summed E-state index contributed by atoms with van der Waals surface area (Å²) >= 11 is 0. The van der Waals surface area contributed by atoms with E-state index >= 15 is 0 Å². The minimum Gasteiger partial charge on any atom is -0.311 e. The molecule has 1 unspecified atom stereocenters. The van der Waals surface area contributed by atoms with Gasteiger partial charge in [0.15, 0.2) is 5.25 Å². The van der Waals surface area contributed by atoms with Gasteiger partial charge in [0, 0.05) is 12.2 Å². The second kappa shape index (κ2) is 3.88. The number of rotatable bonds is 2. The minimum absolute atomic E-state index is 0.257. The van der Waals surface area contributed by atoms with Crippen LogP contribution in [-0.2, 0) is 14.8 Å². The third kappa shape index (κ3) is 1.94. The van der Waals surface area contributed by atoms with Crippen LogP contribution in [0, 0.1) is 0 Å². The number of primary sulfonamides is 1. The summed E-state index contributed by atoms with van der Waals surface area (Å²) in [4.78, 5) is 13.3. The minimum atomic E-state index is -3.78. The number of para-hydroxylation sites is 1. The lowest BCUT2D eigenvalue weighted by Gasteiger charge is -2.15. The first-order valence-electron chi connectivity index (χ1n) is 4.88. The summed E-state index contributed by atoms with van der Waals surface area (Å²) < 4.78 is 22.3. The number of sulfonamides is 1. The van der Waals surface area contributed by atoms with Crippen LogP contribution >= 0.6 is 0 Å². The molecule has 1 aliphatic rings. The van der Waals surface area contributed by atoms with Gasteiger partial charge in [0.2, 0.25) is 15.9 Å². The highest BCUT2D eigenvalue weighted by molar-refractivity contribution is 7.90. The van der Waals surface area contributed by atoms with E-state index in [0.29, 0.717) is 12.2 Å². The highest BCUT2D eigenvalue weighted by Crippen LogP contribution is 2.23. The lowest BCUT2D eigenvalue weighted by molar-refractivity contribution is -0.116. The second-order valence-corrected chi connectivity index (χ2v) is 5.44. The molecule has 1 amide bonds. The van der Waals surface area contributed by atoms with Gasteiger partial charge < -0.3 is 4.90 Å². The molecule has 1 heterocycles. The maximum absolute atomic E-state index is 11.8. The molecule has 0 saturated carbocycles. The largest absolute Gasteiger partial charge is 0.311 e. The average Bonchev–Trinajstić information content (AvgIpc) is 2.61. The first-order valence-corrected chi connectivity index (χ1v) is 6.49. The van der Waals surface area contributed by atoms with E-state index in [1.807, 2.05) is 6.07 Å². The van der Waals surface area contributed by atoms with Gasteiger partial charge >= 0.3 is 0 Å². The monoisotopic (exact) mass is 240 g/mol. The Kier molecular flexibility index (Phi) is 2.69. The molecule has 2 rings (SSSR count). The fraction of sp³-hybridized carbons (Fsp3) is 0.300. The Bertz CT molecular complexity index is 498. The van der Waals surface area contributed by atoms with Gasteiger partial charge in [-0.05, 0) is 18.6 Å². The number of hydrogen-bond acceptors (Lipinski definition) is 3. The van der Waals surface area contributed by atoms with Crippen molar-refractivity contribution in [1.82, 2.24) is 0 Å². The molecule has 1 saturated heterocycles. The zero-order valence-corrected chi connectivity index (χ0v) is 9.35. The fourth-order valence-electron chi connectivity index (χ4n) is 1.82. The summed E-state index contributed by atoms with van der Waals surface area (Å²) in [6.07, 6.45) is 0.257. The topological polar surface area (TPSA) is 80.5 Å². The summed E-state index contributed by atoms with van der Waals surface area (Å²) in [6, 6.07) is 8.97. The predicted molar refractivity (Wildman–Crippen MR) is 60.3 cm³/mol. The van der Waals surface area contributed by atoms with Crippen LogP contribution in [0.4, 0.5) is 5.69 Å². The quantitative estimate of drug-likeness (QED) is 0.795. The van der Waals surface area contributed by atoms with E-state index in [1.54, 1.807) is 24.3 Å². The standard InChI is InChI=1S/C10H12N2O3S/c11-16(14,15)9-6-7-12(10(9)13)8-4-2-1-3-5-8/h1-5,9H,6-7H2,(H2,11,14,15). The summed E-state index contributed by atoms with van der Waals surface area (Å²) in [5.41, 5.74) is 0.707. The number of benzene rings is 1. The lowest BCUT2D eigenvalue weighted by Crippen LogP contribution is -2.37. The first kappa shape index (κ1) is 11.1. The number of anilines is 1. The molecular formula is C10H12N2O3S. The third-order valence-corrected chi connectivity index (χ3v) is 3.85. The Morgan fingerprint density at radius 1 is 1.25 bits per heavy atom. The van der Waals surface area contributed by atoms with Gasteiger partial charge in [0.25, 0.3) is 0 Å². The highest BCUT2D eigenvalue weighted by Gasteiger charge is 2.39. The van der Waals surface area contributed by atoms with Gasteiger partial charge in [0.1, 0.15) is 0 Å². The van der Waals surface area contributed by atoms with Crippen molar-refractivity contribution in [2.24, 2.45) is 5.14 Å². The number of nitrogens with two attached hydrogens (primary N) is 1. The molecule has 86 valence electrons. The molecule has 1 aliphatic heterocycles. The van der Waals surface area contributed by atoms with Gasteiger partial charge in [-0.2, -0.15) is 0 Å². The van der Waals surface area contributed by atoms with Gasteiger partial charge in [-0.15, -0.1) is 0 Å². The fourth-order valence-corrected chi connectivity index (χ4v) is 2.67. The molecule has 16 heavy (non-hydrogen) atoms. The molecular weight excluding hydrogens is 228 g/mol. The Morgan fingerprint density at radius 3 is 2.38 bits per heavy atom. The lowest BCUT2D eigenvalue weighted by atomic mass is 10.3. The third-order valence-electron chi connectivity index (χ3n) is 2.62. The van der Waals surface area contributed by atoms with Crippen molar-refractivity contribution in [2.75, 3.05) is 11.4 Å². The van der Waals surface area contributed by atoms with Crippen molar-refractivity contribution in [3.05, 3.63) is 30.3 Å². The van der Waals surface area contributed by atoms with Crippen LogP contribution in [-0.4, -0.2) is 26.1 Å². The van der Waals surface area contributed by atoms with Crippen LogP contribution in [0.1, 0.15) is 6.42 Å². The molecule has 0 aliphatic carbocycles. The van der Waals surface area contributed by atoms with Crippen LogP contribution in [0.5, 0.6) is 0 Å². The van der Waals surface area contributed by atoms with Gasteiger partial charge in [-0.1, -0.05) is 18.2 Å². The SMILES string of the molecule is NS(=O)(=O)C1CCN(c2ccccc2)C1=O. The molecule has 2 N–H and O–H groups in total. The first-order chi connectivity index (χ1) is 7.50. The van der Waals surface area contributed by atoms with Crippen molar-refractivity contribution in [3.63, 3.8) is 0 Å². The number of carbonyl (C=O) groups is 1. The Balaban J connectivity index is 2.27. The van der Waals surface area contributed by atoms with Crippen LogP contribution in [0.2, 0.25) is 0 Å². The molecule has 0 aromatic heterocycles. The predicted octanol–water partition coefficient (Wildman–Crippen LogP) is 0.0804. The molecule has 0 spiro atoms. The maximum Gasteiger partial charge on any atom is 0.246 e. The molecule has 1 fully saturated rings. The van der Waals surface area contributed by atoms with E-state index < -0.39 is 21.2 Å². The van der Waals surface area contributed by atoms with Crippen molar-refractivity contribution >= 4 is 21.6 Å². The van der Waals surface area contributed by atoms with Crippen LogP contribution in [0.3, 0.4) is 0 Å². The zero-order chi connectivity index (χ0) is 11.8. The van der Waals surface area contributed by atoms with E-state index in [0.717, 1.165) is 0 Å². The summed E-state index contributed by atoms with van der Waals surface area (Å²) in [6.45, 7) is 0.393. The zero-order valence-electron chi connectivity index (χ0n) is 8.54. The van der Waals surface area contributed by atoms with Crippen molar-refractivity contribution in [2.45, 2.75) is 11.7 Å². The molecule has 1 aromatic carbocycles. The maximum atomic E-state index is 11.8. The van der Waals surface area contributed by atoms with Crippen LogP contribution in [0.25, 0.3) is 0 Å². The van der Waals surface area contributed by atoms with E-state index in [1.165, 1.54) is 4.90 Å². The van der Waals surface area contributed by atoms with Crippen LogP contribution < -0.4 is 10.0 Å². The molecule has 5 nitrogen and oxygen atoms in total. The molecule has 1 aromatic rings. The van der Waals surface area contributed by atoms with Crippen molar-refractivity contribution in [3.8, 4) is 0 Å². The van der Waals surface area contributed by atoms with E-state index in [2.05, 4.69) is 0 Å². The van der Waals surface area contributed by atoms with E-state index in [4.69, 9.17) is 5.14 Å². The number of carbonyl (C=O) groups excluding carboxylic acids is 1. The number of hydrogen-bond donors (Lipinski definition) is 1. The second-order valence-electron chi connectivity index (χ2n) is 3.69. The van der Waals surface area contributed by atoms with E-state index in [9.17, 15) is 13.2 Å². The highest BCUT2D eigenvalue weighted by atomic mass is 32.2. The normalized spacial score (nSPS) is 21.4. The van der Waals surface area contributed by atoms with Gasteiger partial charge in [-0.25, -0.2) is 13.6 Å².